The summed E-state index contributed by atoms with van der Waals surface area (Å²) in [4.78, 5) is 16.5. The third-order valence-electron chi connectivity index (χ3n) is 7.02. The van der Waals surface area contributed by atoms with E-state index in [0.29, 0.717) is 11.4 Å². The first-order chi connectivity index (χ1) is 17.1. The minimum absolute atomic E-state index is 0.584. The highest BCUT2D eigenvalue weighted by Gasteiger charge is 2.19. The molecular weight excluding hydrogens is 440 g/mol. The number of nitrogens with one attached hydrogen (secondary N) is 1. The molecule has 8 nitrogen and oxygen atoms in total. The number of fused-ring (bicyclic) bond motifs is 2. The highest BCUT2D eigenvalue weighted by atomic mass is 16.5. The normalized spacial score (nSPS) is 15.9. The summed E-state index contributed by atoms with van der Waals surface area (Å²) in [6.07, 6.45) is 4.24. The molecule has 2 amide bonds. The van der Waals surface area contributed by atoms with Crippen molar-refractivity contribution in [3.63, 3.8) is 0 Å². The van der Waals surface area contributed by atoms with Crippen molar-refractivity contribution >= 4 is 28.4 Å². The molecule has 0 spiro atoms. The second-order valence-corrected chi connectivity index (χ2v) is 9.34. The van der Waals surface area contributed by atoms with E-state index in [9.17, 15) is 10.1 Å². The third-order valence-corrected chi connectivity index (χ3v) is 7.02. The Morgan fingerprint density at radius 2 is 1.89 bits per heavy atom. The van der Waals surface area contributed by atoms with Crippen molar-refractivity contribution in [3.05, 3.63) is 53.6 Å². The zero-order valence-corrected chi connectivity index (χ0v) is 20.0. The maximum atomic E-state index is 11.5. The van der Waals surface area contributed by atoms with Gasteiger partial charge in [-0.1, -0.05) is 6.07 Å². The van der Waals surface area contributed by atoms with Gasteiger partial charge in [0.05, 0.1) is 23.8 Å². The number of unbranched alkanes of at least 4 members (excludes halogenated alkanes) is 1. The van der Waals surface area contributed by atoms with Crippen LogP contribution in [-0.4, -0.2) is 54.8 Å². The van der Waals surface area contributed by atoms with Gasteiger partial charge in [0.2, 0.25) is 0 Å². The van der Waals surface area contributed by atoms with Crippen LogP contribution in [0.15, 0.2) is 42.5 Å². The van der Waals surface area contributed by atoms with E-state index in [0.717, 1.165) is 88.2 Å². The van der Waals surface area contributed by atoms with Crippen molar-refractivity contribution < 1.29 is 9.53 Å². The number of ether oxygens (including phenoxy) is 1. The number of carbonyl (C=O) groups is 1. The van der Waals surface area contributed by atoms with Gasteiger partial charge < -0.3 is 19.9 Å². The number of aromatic nitrogens is 1. The van der Waals surface area contributed by atoms with Crippen LogP contribution in [0.2, 0.25) is 0 Å². The molecule has 8 heteroatoms. The summed E-state index contributed by atoms with van der Waals surface area (Å²) in [7, 11) is 0. The first kappa shape index (κ1) is 23.1. The van der Waals surface area contributed by atoms with Gasteiger partial charge in [0, 0.05) is 43.8 Å². The summed E-state index contributed by atoms with van der Waals surface area (Å²) in [5, 5.41) is 13.0. The number of hydrogen-bond acceptors (Lipinski definition) is 5. The molecule has 2 aliphatic rings. The van der Waals surface area contributed by atoms with E-state index >= 15 is 0 Å². The Bertz CT molecular complexity index is 1250. The van der Waals surface area contributed by atoms with Crippen molar-refractivity contribution in [2.24, 2.45) is 5.73 Å². The van der Waals surface area contributed by atoms with E-state index in [1.165, 1.54) is 11.3 Å². The van der Waals surface area contributed by atoms with Crippen LogP contribution in [0.4, 0.5) is 16.3 Å². The van der Waals surface area contributed by atoms with Gasteiger partial charge in [-0.3, -0.25) is 10.2 Å². The molecule has 3 N–H and O–H groups in total. The number of nitrogens with two attached hydrogens (primary N) is 1. The van der Waals surface area contributed by atoms with Crippen LogP contribution in [0.25, 0.3) is 10.9 Å². The molecule has 35 heavy (non-hydrogen) atoms. The van der Waals surface area contributed by atoms with Crippen LogP contribution in [0.1, 0.15) is 30.4 Å². The summed E-state index contributed by atoms with van der Waals surface area (Å²) in [6, 6.07) is 15.7. The Labute approximate surface area is 205 Å². The number of aryl methyl sites for hydroxylation is 2. The quantitative estimate of drug-likeness (QED) is 0.508. The van der Waals surface area contributed by atoms with Crippen LogP contribution < -0.4 is 20.7 Å². The summed E-state index contributed by atoms with van der Waals surface area (Å²) in [6.45, 7) is 6.81. The summed E-state index contributed by atoms with van der Waals surface area (Å²) in [5.41, 5.74) is 9.56. The molecule has 182 valence electrons. The van der Waals surface area contributed by atoms with Gasteiger partial charge in [-0.15, -0.1) is 0 Å². The molecule has 2 aliphatic heterocycles. The standard InChI is InChI=1S/C27H32N6O2/c28-19-20-5-6-21-18-26(30-27(29)34)33(24(21)16-20)10-2-1-9-31-11-13-32(14-12-31)23-7-8-25-22(17-23)4-3-15-35-25/h5-8,16-18H,1-4,9-15H2,(H3,29,30,34). The summed E-state index contributed by atoms with van der Waals surface area (Å²) in [5.74, 6) is 1.72. The molecule has 3 aromatic rings. The number of nitriles is 1. The highest BCUT2D eigenvalue weighted by molar-refractivity contribution is 5.93. The smallest absolute Gasteiger partial charge is 0.317 e. The lowest BCUT2D eigenvalue weighted by Crippen LogP contribution is -2.46. The van der Waals surface area contributed by atoms with Gasteiger partial charge in [-0.25, -0.2) is 4.79 Å². The van der Waals surface area contributed by atoms with Gasteiger partial charge in [-0.05, 0) is 74.2 Å². The molecule has 5 rings (SSSR count). The monoisotopic (exact) mass is 472 g/mol. The molecular formula is C27H32N6O2. The summed E-state index contributed by atoms with van der Waals surface area (Å²) >= 11 is 0. The number of urea groups is 1. The molecule has 1 saturated heterocycles. The highest BCUT2D eigenvalue weighted by Crippen LogP contribution is 2.30. The van der Waals surface area contributed by atoms with Gasteiger partial charge in [0.15, 0.2) is 0 Å². The van der Waals surface area contributed by atoms with E-state index in [1.807, 2.05) is 18.2 Å². The number of primary amides is 1. The molecule has 0 bridgehead atoms. The number of carbonyl (C=O) groups excluding carboxylic acids is 1. The number of piperazine rings is 1. The predicted molar refractivity (Wildman–Crippen MR) is 138 cm³/mol. The van der Waals surface area contributed by atoms with Crippen LogP contribution in [-0.2, 0) is 13.0 Å². The van der Waals surface area contributed by atoms with Crippen LogP contribution in [0, 0.1) is 11.3 Å². The Morgan fingerprint density at radius 3 is 2.69 bits per heavy atom. The number of benzene rings is 2. The first-order valence-electron chi connectivity index (χ1n) is 12.4. The summed E-state index contributed by atoms with van der Waals surface area (Å²) < 4.78 is 7.81. The maximum absolute atomic E-state index is 11.5. The van der Waals surface area contributed by atoms with Crippen molar-refractivity contribution in [1.82, 2.24) is 9.47 Å². The largest absolute Gasteiger partial charge is 0.493 e. The topological polar surface area (TPSA) is 99.5 Å². The van der Waals surface area contributed by atoms with Crippen molar-refractivity contribution in [2.45, 2.75) is 32.2 Å². The maximum Gasteiger partial charge on any atom is 0.317 e. The Balaban J connectivity index is 1.14. The zero-order chi connectivity index (χ0) is 24.2. The fraction of sp³-hybridized carbons (Fsp3) is 0.407. The second kappa shape index (κ2) is 10.3. The molecule has 3 heterocycles. The van der Waals surface area contributed by atoms with Crippen molar-refractivity contribution in [3.8, 4) is 11.8 Å². The molecule has 2 aromatic carbocycles. The van der Waals surface area contributed by atoms with Crippen molar-refractivity contribution in [2.75, 3.05) is 49.5 Å². The van der Waals surface area contributed by atoms with Gasteiger partial charge in [0.1, 0.15) is 11.6 Å². The number of amides is 2. The average molecular weight is 473 g/mol. The van der Waals surface area contributed by atoms with Gasteiger partial charge >= 0.3 is 6.03 Å². The van der Waals surface area contributed by atoms with E-state index < -0.39 is 6.03 Å². The number of hydrogen-bond donors (Lipinski definition) is 2. The van der Waals surface area contributed by atoms with Gasteiger partial charge in [0.25, 0.3) is 0 Å². The molecule has 0 atom stereocenters. The first-order valence-corrected chi connectivity index (χ1v) is 12.4. The van der Waals surface area contributed by atoms with E-state index in [2.05, 4.69) is 44.0 Å². The van der Waals surface area contributed by atoms with Crippen LogP contribution in [0.5, 0.6) is 5.75 Å². The Kier molecular flexibility index (Phi) is 6.77. The van der Waals surface area contributed by atoms with Crippen LogP contribution in [0.3, 0.4) is 0 Å². The fourth-order valence-electron chi connectivity index (χ4n) is 5.17. The van der Waals surface area contributed by atoms with E-state index in [1.54, 1.807) is 6.07 Å². The Morgan fingerprint density at radius 1 is 1.06 bits per heavy atom. The minimum atomic E-state index is -0.584. The van der Waals surface area contributed by atoms with Crippen molar-refractivity contribution in [1.29, 1.82) is 5.26 Å². The molecule has 0 aliphatic carbocycles. The SMILES string of the molecule is N#Cc1ccc2cc(NC(N)=O)n(CCCCN3CCN(c4ccc5c(c4)CCCO5)CC3)c2c1. The van der Waals surface area contributed by atoms with Gasteiger partial charge in [-0.2, -0.15) is 5.26 Å². The molecule has 0 saturated carbocycles. The lowest BCUT2D eigenvalue weighted by atomic mass is 10.0. The fourth-order valence-corrected chi connectivity index (χ4v) is 5.17. The number of anilines is 2. The third kappa shape index (κ3) is 5.20. The second-order valence-electron chi connectivity index (χ2n) is 9.34. The Hall–Kier alpha value is -3.70. The molecule has 0 radical (unpaired) electrons. The lowest BCUT2D eigenvalue weighted by molar-refractivity contribution is 0.251. The van der Waals surface area contributed by atoms with E-state index in [4.69, 9.17) is 10.5 Å². The zero-order valence-electron chi connectivity index (χ0n) is 20.0. The van der Waals surface area contributed by atoms with E-state index in [-0.39, 0.29) is 0 Å². The molecule has 1 aromatic heterocycles. The number of nitrogens with zero attached hydrogens (tertiary/aromatic N) is 4. The predicted octanol–water partition coefficient (Wildman–Crippen LogP) is 3.93. The number of rotatable bonds is 7. The molecule has 1 fully saturated rings. The average Bonchev–Trinajstić information content (AvgIpc) is 3.22. The minimum Gasteiger partial charge on any atom is -0.493 e. The van der Waals surface area contributed by atoms with Crippen LogP contribution >= 0.6 is 0 Å². The lowest BCUT2D eigenvalue weighted by Gasteiger charge is -2.36. The molecule has 0 unspecified atom stereocenters.